The fourth-order valence-corrected chi connectivity index (χ4v) is 3.29. The van der Waals surface area contributed by atoms with Gasteiger partial charge in [0.15, 0.2) is 0 Å². The molecule has 3 aromatic rings. The highest BCUT2D eigenvalue weighted by atomic mass is 35.5. The summed E-state index contributed by atoms with van der Waals surface area (Å²) in [5.74, 6) is -0.0516. The van der Waals surface area contributed by atoms with Crippen molar-refractivity contribution in [2.24, 2.45) is 0 Å². The summed E-state index contributed by atoms with van der Waals surface area (Å²) in [5, 5.41) is 14.0. The van der Waals surface area contributed by atoms with Gasteiger partial charge in [-0.1, -0.05) is 41.9 Å². The predicted molar refractivity (Wildman–Crippen MR) is 119 cm³/mol. The van der Waals surface area contributed by atoms with Gasteiger partial charge in [-0.05, 0) is 42.0 Å². The van der Waals surface area contributed by atoms with Gasteiger partial charge in [-0.2, -0.15) is 0 Å². The van der Waals surface area contributed by atoms with E-state index in [2.05, 4.69) is 5.32 Å². The summed E-state index contributed by atoms with van der Waals surface area (Å²) in [5.41, 5.74) is 1.66. The van der Waals surface area contributed by atoms with E-state index in [4.69, 9.17) is 16.3 Å². The van der Waals surface area contributed by atoms with Crippen LogP contribution in [-0.2, 0) is 11.4 Å². The van der Waals surface area contributed by atoms with Crippen LogP contribution in [0.3, 0.4) is 0 Å². The summed E-state index contributed by atoms with van der Waals surface area (Å²) in [6.45, 7) is 0.0963. The molecule has 1 heterocycles. The van der Waals surface area contributed by atoms with Gasteiger partial charge in [-0.15, -0.1) is 0 Å². The maximum absolute atomic E-state index is 12.8. The van der Waals surface area contributed by atoms with Crippen LogP contribution in [0.1, 0.15) is 11.1 Å². The van der Waals surface area contributed by atoms with E-state index in [-0.39, 0.29) is 18.0 Å². The molecule has 9 heteroatoms. The van der Waals surface area contributed by atoms with Crippen molar-refractivity contribution in [2.45, 2.75) is 6.61 Å². The number of benzene rings is 3. The number of ether oxygens (including phenoxy) is 1. The van der Waals surface area contributed by atoms with Crippen LogP contribution in [0, 0.1) is 10.1 Å². The third-order valence-corrected chi connectivity index (χ3v) is 4.95. The number of nitrogens with one attached hydrogen (secondary N) is 1. The number of nitrogens with zero attached hydrogens (tertiary/aromatic N) is 2. The molecule has 1 saturated heterocycles. The number of nitro groups is 1. The molecule has 3 aromatic carbocycles. The molecule has 32 heavy (non-hydrogen) atoms. The second-order valence-corrected chi connectivity index (χ2v) is 7.30. The highest BCUT2D eigenvalue weighted by molar-refractivity contribution is 6.31. The maximum atomic E-state index is 12.8. The molecular formula is C23H16ClN3O5. The number of urea groups is 1. The number of amides is 3. The summed E-state index contributed by atoms with van der Waals surface area (Å²) in [7, 11) is 0. The monoisotopic (exact) mass is 449 g/mol. The molecular weight excluding hydrogens is 434 g/mol. The quantitative estimate of drug-likeness (QED) is 0.249. The molecule has 0 saturated carbocycles. The van der Waals surface area contributed by atoms with E-state index in [1.165, 1.54) is 18.2 Å². The molecule has 0 bridgehead atoms. The standard InChI is InChI=1S/C23H16ClN3O5/c24-17-8-10-18(11-9-17)26-22(28)20(25-23(26)29)13-16-5-1-2-7-21(16)32-14-15-4-3-6-19(12-15)27(30)31/h1-13H,14H2,(H,25,29)/b20-13+. The van der Waals surface area contributed by atoms with Crippen LogP contribution in [0.15, 0.2) is 78.5 Å². The highest BCUT2D eigenvalue weighted by Gasteiger charge is 2.35. The molecule has 0 aromatic heterocycles. The first-order chi connectivity index (χ1) is 15.4. The largest absolute Gasteiger partial charge is 0.488 e. The first-order valence-corrected chi connectivity index (χ1v) is 9.88. The first-order valence-electron chi connectivity index (χ1n) is 9.50. The number of carbonyl (C=O) groups is 2. The molecule has 1 fully saturated rings. The summed E-state index contributed by atoms with van der Waals surface area (Å²) in [4.78, 5) is 36.7. The summed E-state index contributed by atoms with van der Waals surface area (Å²) in [6, 6.07) is 18.9. The van der Waals surface area contributed by atoms with Gasteiger partial charge in [0.1, 0.15) is 18.1 Å². The zero-order valence-electron chi connectivity index (χ0n) is 16.5. The van der Waals surface area contributed by atoms with Crippen LogP contribution < -0.4 is 15.0 Å². The molecule has 0 aliphatic carbocycles. The number of imide groups is 1. The molecule has 0 unspecified atom stereocenters. The van der Waals surface area contributed by atoms with Crippen molar-refractivity contribution >= 4 is 41.0 Å². The third-order valence-electron chi connectivity index (χ3n) is 4.70. The normalized spacial score (nSPS) is 14.5. The number of halogens is 1. The van der Waals surface area contributed by atoms with Crippen molar-refractivity contribution in [3.8, 4) is 5.75 Å². The smallest absolute Gasteiger partial charge is 0.333 e. The molecule has 0 spiro atoms. The van der Waals surface area contributed by atoms with E-state index >= 15 is 0 Å². The number of non-ortho nitro benzene ring substituents is 1. The van der Waals surface area contributed by atoms with Gasteiger partial charge in [0.05, 0.1) is 10.6 Å². The molecule has 160 valence electrons. The Balaban J connectivity index is 1.55. The van der Waals surface area contributed by atoms with E-state index in [0.29, 0.717) is 27.6 Å². The van der Waals surface area contributed by atoms with E-state index in [0.717, 1.165) is 4.90 Å². The number of nitro benzene ring substituents is 1. The van der Waals surface area contributed by atoms with Crippen LogP contribution in [0.25, 0.3) is 6.08 Å². The lowest BCUT2D eigenvalue weighted by Gasteiger charge is -2.11. The minimum Gasteiger partial charge on any atom is -0.488 e. The highest BCUT2D eigenvalue weighted by Crippen LogP contribution is 2.27. The zero-order chi connectivity index (χ0) is 22.7. The van der Waals surface area contributed by atoms with Crippen molar-refractivity contribution in [3.05, 3.63) is 105 Å². The van der Waals surface area contributed by atoms with Crippen molar-refractivity contribution in [3.63, 3.8) is 0 Å². The third kappa shape index (κ3) is 4.45. The lowest BCUT2D eigenvalue weighted by Crippen LogP contribution is -2.30. The number of hydrogen-bond acceptors (Lipinski definition) is 5. The topological polar surface area (TPSA) is 102 Å². The lowest BCUT2D eigenvalue weighted by atomic mass is 10.1. The Morgan fingerprint density at radius 3 is 2.53 bits per heavy atom. The number of hydrogen-bond donors (Lipinski definition) is 1. The first kappa shape index (κ1) is 21.1. The second kappa shape index (κ2) is 8.91. The van der Waals surface area contributed by atoms with Gasteiger partial charge >= 0.3 is 6.03 Å². The Morgan fingerprint density at radius 2 is 1.78 bits per heavy atom. The molecule has 0 radical (unpaired) electrons. The number of carbonyl (C=O) groups excluding carboxylic acids is 2. The van der Waals surface area contributed by atoms with Gasteiger partial charge in [0, 0.05) is 22.7 Å². The van der Waals surface area contributed by atoms with Crippen LogP contribution in [0.2, 0.25) is 5.02 Å². The molecule has 3 amide bonds. The van der Waals surface area contributed by atoms with Crippen LogP contribution in [-0.4, -0.2) is 16.9 Å². The van der Waals surface area contributed by atoms with Crippen molar-refractivity contribution < 1.29 is 19.2 Å². The van der Waals surface area contributed by atoms with Gasteiger partial charge in [-0.3, -0.25) is 14.9 Å². The van der Waals surface area contributed by atoms with E-state index < -0.39 is 16.9 Å². The fraction of sp³-hybridized carbons (Fsp3) is 0.0435. The minimum absolute atomic E-state index is 0.0249. The predicted octanol–water partition coefficient (Wildman–Crippen LogP) is 4.92. The van der Waals surface area contributed by atoms with Gasteiger partial charge in [-0.25, -0.2) is 9.69 Å². The van der Waals surface area contributed by atoms with Crippen LogP contribution in [0.4, 0.5) is 16.2 Å². The Morgan fingerprint density at radius 1 is 1.03 bits per heavy atom. The summed E-state index contributed by atoms with van der Waals surface area (Å²) >= 11 is 5.88. The SMILES string of the molecule is O=C1N/C(=C/c2ccccc2OCc2cccc([N+](=O)[O-])c2)C(=O)N1c1ccc(Cl)cc1. The van der Waals surface area contributed by atoms with E-state index in [1.54, 1.807) is 60.7 Å². The van der Waals surface area contributed by atoms with Crippen molar-refractivity contribution in [1.82, 2.24) is 5.32 Å². The average molecular weight is 450 g/mol. The Bertz CT molecular complexity index is 1240. The molecule has 1 N–H and O–H groups in total. The Labute approximate surface area is 187 Å². The van der Waals surface area contributed by atoms with Crippen LogP contribution >= 0.6 is 11.6 Å². The Hall–Kier alpha value is -4.17. The van der Waals surface area contributed by atoms with Crippen LogP contribution in [0.5, 0.6) is 5.75 Å². The molecule has 4 rings (SSSR count). The number of para-hydroxylation sites is 1. The van der Waals surface area contributed by atoms with Gasteiger partial charge in [0.25, 0.3) is 11.6 Å². The maximum Gasteiger partial charge on any atom is 0.333 e. The van der Waals surface area contributed by atoms with Gasteiger partial charge < -0.3 is 10.1 Å². The molecule has 8 nitrogen and oxygen atoms in total. The van der Waals surface area contributed by atoms with E-state index in [1.807, 2.05) is 0 Å². The number of rotatable bonds is 6. The average Bonchev–Trinajstić information content (AvgIpc) is 3.07. The molecule has 0 atom stereocenters. The lowest BCUT2D eigenvalue weighted by molar-refractivity contribution is -0.384. The van der Waals surface area contributed by atoms with Gasteiger partial charge in [0.2, 0.25) is 0 Å². The zero-order valence-corrected chi connectivity index (χ0v) is 17.3. The summed E-state index contributed by atoms with van der Waals surface area (Å²) < 4.78 is 5.84. The molecule has 1 aliphatic heterocycles. The molecule has 1 aliphatic rings. The number of anilines is 1. The van der Waals surface area contributed by atoms with Crippen molar-refractivity contribution in [2.75, 3.05) is 4.90 Å². The minimum atomic E-state index is -0.571. The summed E-state index contributed by atoms with van der Waals surface area (Å²) in [6.07, 6.45) is 1.53. The van der Waals surface area contributed by atoms with E-state index in [9.17, 15) is 19.7 Å². The second-order valence-electron chi connectivity index (χ2n) is 6.86. The van der Waals surface area contributed by atoms with Crippen molar-refractivity contribution in [1.29, 1.82) is 0 Å². The Kier molecular flexibility index (Phi) is 5.87. The fourth-order valence-electron chi connectivity index (χ4n) is 3.17.